The third-order valence-electron chi connectivity index (χ3n) is 3.57. The van der Waals surface area contributed by atoms with Crippen LogP contribution < -0.4 is 4.74 Å². The molecular weight excluding hydrogens is 212 g/mol. The molecule has 1 aromatic rings. The molecule has 0 aromatic heterocycles. The molecule has 0 saturated heterocycles. The summed E-state index contributed by atoms with van der Waals surface area (Å²) in [6.45, 7) is 8.54. The smallest absolute Gasteiger partial charge is 0.128 e. The number of aryl methyl sites for hydroxylation is 1. The molecule has 0 amide bonds. The molecule has 0 heterocycles. The molecule has 0 spiro atoms. The summed E-state index contributed by atoms with van der Waals surface area (Å²) in [5.74, 6) is 0.873. The van der Waals surface area contributed by atoms with Gasteiger partial charge in [-0.2, -0.15) is 0 Å². The van der Waals surface area contributed by atoms with E-state index in [0.717, 1.165) is 29.7 Å². The van der Waals surface area contributed by atoms with Crippen molar-refractivity contribution in [3.63, 3.8) is 0 Å². The van der Waals surface area contributed by atoms with Gasteiger partial charge in [0.05, 0.1) is 12.7 Å². The third kappa shape index (κ3) is 2.06. The summed E-state index contributed by atoms with van der Waals surface area (Å²) in [6, 6.07) is 4.21. The summed E-state index contributed by atoms with van der Waals surface area (Å²) in [4.78, 5) is 0. The van der Waals surface area contributed by atoms with Crippen molar-refractivity contribution in [3.8, 4) is 5.75 Å². The van der Waals surface area contributed by atoms with Crippen LogP contribution in [-0.2, 0) is 11.0 Å². The van der Waals surface area contributed by atoms with Gasteiger partial charge in [0.1, 0.15) is 5.75 Å². The quantitative estimate of drug-likeness (QED) is 0.851. The molecule has 94 valence electrons. The predicted octanol–water partition coefficient (Wildman–Crippen LogP) is 3.28. The van der Waals surface area contributed by atoms with E-state index < -0.39 is 5.60 Å². The fraction of sp³-hybridized carbons (Fsp3) is 0.600. The Morgan fingerprint density at radius 2 is 1.82 bits per heavy atom. The Kier molecular flexibility index (Phi) is 2.74. The summed E-state index contributed by atoms with van der Waals surface area (Å²) in [5.41, 5.74) is 2.67. The highest BCUT2D eigenvalue weighted by atomic mass is 16.5. The molecule has 17 heavy (non-hydrogen) atoms. The van der Waals surface area contributed by atoms with Crippen LogP contribution in [0.5, 0.6) is 5.75 Å². The standard InChI is InChI=1S/C15H22O2/c1-10-6-7-11(14(2,3)4)13(17-5)12(10)15(16)8-9-15/h6-7,16H,8-9H2,1-5H3. The molecule has 1 fully saturated rings. The van der Waals surface area contributed by atoms with Gasteiger partial charge in [0, 0.05) is 5.56 Å². The SMILES string of the molecule is COc1c(C(C)(C)C)ccc(C)c1C1(O)CC1. The molecule has 0 bridgehead atoms. The van der Waals surface area contributed by atoms with Gasteiger partial charge in [-0.1, -0.05) is 32.9 Å². The number of hydrogen-bond acceptors (Lipinski definition) is 2. The Labute approximate surface area is 104 Å². The van der Waals surface area contributed by atoms with Crippen molar-refractivity contribution in [1.82, 2.24) is 0 Å². The molecule has 0 atom stereocenters. The second kappa shape index (κ2) is 3.74. The third-order valence-corrected chi connectivity index (χ3v) is 3.57. The highest BCUT2D eigenvalue weighted by molar-refractivity contribution is 5.53. The molecule has 1 aliphatic rings. The maximum atomic E-state index is 10.4. The Hall–Kier alpha value is -1.02. The average molecular weight is 234 g/mol. The van der Waals surface area contributed by atoms with E-state index in [1.807, 2.05) is 6.92 Å². The van der Waals surface area contributed by atoms with Crippen molar-refractivity contribution in [1.29, 1.82) is 0 Å². The molecule has 0 aliphatic heterocycles. The van der Waals surface area contributed by atoms with Crippen LogP contribution in [0.25, 0.3) is 0 Å². The second-order valence-corrected chi connectivity index (χ2v) is 6.12. The summed E-state index contributed by atoms with van der Waals surface area (Å²) >= 11 is 0. The second-order valence-electron chi connectivity index (χ2n) is 6.12. The van der Waals surface area contributed by atoms with E-state index in [2.05, 4.69) is 32.9 Å². The Balaban J connectivity index is 2.65. The fourth-order valence-electron chi connectivity index (χ4n) is 2.43. The molecule has 2 heteroatoms. The summed E-state index contributed by atoms with van der Waals surface area (Å²) < 4.78 is 5.59. The predicted molar refractivity (Wildman–Crippen MR) is 69.6 cm³/mol. The van der Waals surface area contributed by atoms with Gasteiger partial charge in [-0.15, -0.1) is 0 Å². The lowest BCUT2D eigenvalue weighted by Gasteiger charge is -2.26. The molecule has 1 aliphatic carbocycles. The average Bonchev–Trinajstić information content (AvgIpc) is 2.94. The van der Waals surface area contributed by atoms with Crippen molar-refractivity contribution in [2.75, 3.05) is 7.11 Å². The number of methoxy groups -OCH3 is 1. The Morgan fingerprint density at radius 1 is 1.24 bits per heavy atom. The normalized spacial score (nSPS) is 18.0. The van der Waals surface area contributed by atoms with Gasteiger partial charge in [-0.05, 0) is 36.3 Å². The number of hydrogen-bond donors (Lipinski definition) is 1. The number of ether oxygens (including phenoxy) is 1. The van der Waals surface area contributed by atoms with Gasteiger partial charge in [-0.3, -0.25) is 0 Å². The van der Waals surface area contributed by atoms with E-state index in [9.17, 15) is 5.11 Å². The van der Waals surface area contributed by atoms with E-state index in [-0.39, 0.29) is 5.41 Å². The molecule has 1 aromatic carbocycles. The maximum Gasteiger partial charge on any atom is 0.128 e. The Bertz CT molecular complexity index is 437. The summed E-state index contributed by atoms with van der Waals surface area (Å²) in [5, 5.41) is 10.4. The topological polar surface area (TPSA) is 29.5 Å². The van der Waals surface area contributed by atoms with Gasteiger partial charge >= 0.3 is 0 Å². The fourth-order valence-corrected chi connectivity index (χ4v) is 2.43. The Morgan fingerprint density at radius 3 is 2.24 bits per heavy atom. The van der Waals surface area contributed by atoms with Gasteiger partial charge in [-0.25, -0.2) is 0 Å². The highest BCUT2D eigenvalue weighted by Gasteiger charge is 2.46. The van der Waals surface area contributed by atoms with Crippen molar-refractivity contribution in [2.45, 2.75) is 51.6 Å². The first-order chi connectivity index (χ1) is 7.79. The monoisotopic (exact) mass is 234 g/mol. The lowest BCUT2D eigenvalue weighted by Crippen LogP contribution is -2.17. The van der Waals surface area contributed by atoms with Crippen LogP contribution in [0.2, 0.25) is 0 Å². The molecular formula is C15H22O2. The van der Waals surface area contributed by atoms with E-state index >= 15 is 0 Å². The van der Waals surface area contributed by atoms with Crippen LogP contribution in [0, 0.1) is 6.92 Å². The molecule has 2 nitrogen and oxygen atoms in total. The zero-order chi connectivity index (χ0) is 12.8. The van der Waals surface area contributed by atoms with E-state index in [4.69, 9.17) is 4.74 Å². The van der Waals surface area contributed by atoms with Crippen molar-refractivity contribution >= 4 is 0 Å². The zero-order valence-electron chi connectivity index (χ0n) is 11.4. The molecule has 1 saturated carbocycles. The zero-order valence-corrected chi connectivity index (χ0v) is 11.4. The van der Waals surface area contributed by atoms with Crippen LogP contribution in [0.1, 0.15) is 50.3 Å². The van der Waals surface area contributed by atoms with Crippen molar-refractivity contribution < 1.29 is 9.84 Å². The minimum atomic E-state index is -0.642. The molecule has 0 radical (unpaired) electrons. The molecule has 2 rings (SSSR count). The highest BCUT2D eigenvalue weighted by Crippen LogP contribution is 2.52. The van der Waals surface area contributed by atoms with Gasteiger partial charge in [0.15, 0.2) is 0 Å². The van der Waals surface area contributed by atoms with E-state index in [1.165, 1.54) is 5.56 Å². The molecule has 0 unspecified atom stereocenters. The van der Waals surface area contributed by atoms with Gasteiger partial charge in [0.2, 0.25) is 0 Å². The first kappa shape index (κ1) is 12.4. The van der Waals surface area contributed by atoms with Crippen LogP contribution in [-0.4, -0.2) is 12.2 Å². The lowest BCUT2D eigenvalue weighted by atomic mass is 9.83. The minimum Gasteiger partial charge on any atom is -0.496 e. The first-order valence-corrected chi connectivity index (χ1v) is 6.20. The van der Waals surface area contributed by atoms with Crippen LogP contribution in [0.3, 0.4) is 0 Å². The van der Waals surface area contributed by atoms with E-state index in [0.29, 0.717) is 0 Å². The summed E-state index contributed by atoms with van der Waals surface area (Å²) in [6.07, 6.45) is 1.69. The number of rotatable bonds is 2. The lowest BCUT2D eigenvalue weighted by molar-refractivity contribution is 0.146. The minimum absolute atomic E-state index is 0.0268. The van der Waals surface area contributed by atoms with Gasteiger partial charge < -0.3 is 9.84 Å². The van der Waals surface area contributed by atoms with Crippen LogP contribution in [0.15, 0.2) is 12.1 Å². The number of benzene rings is 1. The van der Waals surface area contributed by atoms with E-state index in [1.54, 1.807) is 7.11 Å². The van der Waals surface area contributed by atoms with Crippen LogP contribution >= 0.6 is 0 Å². The first-order valence-electron chi connectivity index (χ1n) is 6.20. The van der Waals surface area contributed by atoms with Gasteiger partial charge in [0.25, 0.3) is 0 Å². The van der Waals surface area contributed by atoms with Crippen LogP contribution in [0.4, 0.5) is 0 Å². The largest absolute Gasteiger partial charge is 0.496 e. The maximum absolute atomic E-state index is 10.4. The number of aliphatic hydroxyl groups is 1. The molecule has 1 N–H and O–H groups in total. The van der Waals surface area contributed by atoms with Crippen molar-refractivity contribution in [3.05, 3.63) is 28.8 Å². The van der Waals surface area contributed by atoms with Crippen molar-refractivity contribution in [2.24, 2.45) is 0 Å². The summed E-state index contributed by atoms with van der Waals surface area (Å²) in [7, 11) is 1.69.